The maximum atomic E-state index is 13.5. The van der Waals surface area contributed by atoms with Gasteiger partial charge in [-0.2, -0.15) is 13.2 Å². The monoisotopic (exact) mass is 536 g/mol. The molecule has 38 heavy (non-hydrogen) atoms. The summed E-state index contributed by atoms with van der Waals surface area (Å²) in [7, 11) is 2.05. The number of benzene rings is 2. The minimum Gasteiger partial charge on any atom is -0.475 e. The van der Waals surface area contributed by atoms with Gasteiger partial charge in [-0.25, -0.2) is 18.6 Å². The number of aromatic nitrogens is 1. The molecule has 202 valence electrons. The molecule has 2 aromatic carbocycles. The van der Waals surface area contributed by atoms with Gasteiger partial charge in [0.2, 0.25) is 0 Å². The summed E-state index contributed by atoms with van der Waals surface area (Å²) in [6.07, 6.45) is -2.45. The second-order valence-electron chi connectivity index (χ2n) is 8.60. The van der Waals surface area contributed by atoms with Crippen LogP contribution < -0.4 is 10.2 Å². The van der Waals surface area contributed by atoms with Crippen molar-refractivity contribution in [3.63, 3.8) is 0 Å². The third kappa shape index (κ3) is 8.23. The molecule has 1 unspecified atom stereocenters. The van der Waals surface area contributed by atoms with E-state index in [-0.39, 0.29) is 17.5 Å². The molecule has 1 aromatic heterocycles. The first-order valence-electron chi connectivity index (χ1n) is 11.4. The predicted molar refractivity (Wildman–Crippen MR) is 131 cm³/mol. The van der Waals surface area contributed by atoms with Gasteiger partial charge in [0.25, 0.3) is 5.91 Å². The van der Waals surface area contributed by atoms with Gasteiger partial charge in [0.05, 0.1) is 0 Å². The minimum absolute atomic E-state index is 0.220. The van der Waals surface area contributed by atoms with Gasteiger partial charge in [-0.1, -0.05) is 12.1 Å². The molecule has 2 N–H and O–H groups in total. The summed E-state index contributed by atoms with van der Waals surface area (Å²) in [5.41, 5.74) is 1.97. The maximum absolute atomic E-state index is 13.5. The standard InChI is InChI=1S/C24H24F2N4O.C2HF3O2/c1-29(15-17-3-2-4-20(26)13-17)22-10-12-30(16-22)23-14-21(9-11-27-23)28-24(31)18-5-7-19(25)8-6-18;3-2(4,5)1(6)7/h2-9,11,13-14,22H,10,12,15-16H2,1H3,(H,27,28,31);(H,6,7). The molecule has 7 nitrogen and oxygen atoms in total. The van der Waals surface area contributed by atoms with E-state index in [4.69, 9.17) is 9.90 Å². The number of nitrogens with one attached hydrogen (secondary N) is 1. The summed E-state index contributed by atoms with van der Waals surface area (Å²) < 4.78 is 58.3. The zero-order valence-electron chi connectivity index (χ0n) is 20.3. The number of amides is 1. The molecule has 1 aliphatic rings. The Kier molecular flexibility index (Phi) is 9.35. The smallest absolute Gasteiger partial charge is 0.475 e. The van der Waals surface area contributed by atoms with Crippen LogP contribution in [-0.4, -0.2) is 59.2 Å². The summed E-state index contributed by atoms with van der Waals surface area (Å²) in [4.78, 5) is 30.2. The second kappa shape index (κ2) is 12.5. The molecule has 4 rings (SSSR count). The molecule has 0 radical (unpaired) electrons. The summed E-state index contributed by atoms with van der Waals surface area (Å²) >= 11 is 0. The molecule has 1 amide bonds. The van der Waals surface area contributed by atoms with Gasteiger partial charge in [0.15, 0.2) is 0 Å². The van der Waals surface area contributed by atoms with Crippen molar-refractivity contribution in [2.45, 2.75) is 25.2 Å². The highest BCUT2D eigenvalue weighted by atomic mass is 19.4. The van der Waals surface area contributed by atoms with Crippen molar-refractivity contribution in [3.8, 4) is 0 Å². The summed E-state index contributed by atoms with van der Waals surface area (Å²) in [5.74, 6) is -2.87. The zero-order valence-corrected chi connectivity index (χ0v) is 20.3. The van der Waals surface area contributed by atoms with Crippen LogP contribution in [0.4, 0.5) is 33.5 Å². The number of carboxylic acids is 1. The minimum atomic E-state index is -5.08. The summed E-state index contributed by atoms with van der Waals surface area (Å²) in [6, 6.07) is 16.0. The van der Waals surface area contributed by atoms with Gasteiger partial charge in [0.1, 0.15) is 17.5 Å². The molecule has 0 spiro atoms. The van der Waals surface area contributed by atoms with E-state index >= 15 is 0 Å². The first-order valence-corrected chi connectivity index (χ1v) is 11.4. The lowest BCUT2D eigenvalue weighted by Gasteiger charge is -2.25. The van der Waals surface area contributed by atoms with E-state index < -0.39 is 12.1 Å². The zero-order chi connectivity index (χ0) is 27.9. The van der Waals surface area contributed by atoms with Crippen LogP contribution in [0.15, 0.2) is 66.9 Å². The number of rotatable bonds is 6. The van der Waals surface area contributed by atoms with Crippen LogP contribution in [0.3, 0.4) is 0 Å². The molecule has 3 aromatic rings. The number of carboxylic acid groups (broad SMARTS) is 1. The van der Waals surface area contributed by atoms with Crippen LogP contribution in [0.5, 0.6) is 0 Å². The Labute approximate surface area is 215 Å². The lowest BCUT2D eigenvalue weighted by molar-refractivity contribution is -0.192. The normalized spacial score (nSPS) is 15.1. The quantitative estimate of drug-likeness (QED) is 0.434. The van der Waals surface area contributed by atoms with Gasteiger partial charge in [-0.05, 0) is 61.5 Å². The molecule has 2 heterocycles. The molecule has 0 aliphatic carbocycles. The Morgan fingerprint density at radius 3 is 2.39 bits per heavy atom. The van der Waals surface area contributed by atoms with E-state index in [0.717, 1.165) is 30.9 Å². The van der Waals surface area contributed by atoms with E-state index in [9.17, 15) is 26.7 Å². The highest BCUT2D eigenvalue weighted by molar-refractivity contribution is 6.04. The molecule has 1 aliphatic heterocycles. The highest BCUT2D eigenvalue weighted by Gasteiger charge is 2.38. The van der Waals surface area contributed by atoms with Crippen molar-refractivity contribution in [1.29, 1.82) is 0 Å². The molecule has 1 fully saturated rings. The van der Waals surface area contributed by atoms with Gasteiger partial charge >= 0.3 is 12.1 Å². The predicted octanol–water partition coefficient (Wildman–Crippen LogP) is 4.96. The number of alkyl halides is 3. The van der Waals surface area contributed by atoms with Crippen LogP contribution >= 0.6 is 0 Å². The van der Waals surface area contributed by atoms with Crippen LogP contribution in [-0.2, 0) is 11.3 Å². The Hall–Kier alpha value is -4.06. The van der Waals surface area contributed by atoms with Crippen molar-refractivity contribution in [3.05, 3.63) is 89.6 Å². The van der Waals surface area contributed by atoms with Crippen molar-refractivity contribution in [1.82, 2.24) is 9.88 Å². The Balaban J connectivity index is 0.000000505. The number of carbonyl (C=O) groups excluding carboxylic acids is 1. The van der Waals surface area contributed by atoms with Crippen molar-refractivity contribution >= 4 is 23.4 Å². The van der Waals surface area contributed by atoms with Crippen molar-refractivity contribution < 1.29 is 36.6 Å². The highest BCUT2D eigenvalue weighted by Crippen LogP contribution is 2.24. The molecule has 0 saturated carbocycles. The molecule has 12 heteroatoms. The van der Waals surface area contributed by atoms with Crippen LogP contribution in [0.1, 0.15) is 22.3 Å². The average molecular weight is 537 g/mol. The number of halogens is 5. The number of anilines is 2. The molecule has 1 atom stereocenters. The van der Waals surface area contributed by atoms with E-state index in [0.29, 0.717) is 23.8 Å². The number of carbonyl (C=O) groups is 2. The van der Waals surface area contributed by atoms with Gasteiger partial charge in [-0.3, -0.25) is 9.69 Å². The fraction of sp³-hybridized carbons (Fsp3) is 0.269. The number of likely N-dealkylation sites (N-methyl/N-ethyl adjacent to an activating group) is 1. The first kappa shape index (κ1) is 28.5. The van der Waals surface area contributed by atoms with Crippen LogP contribution in [0.2, 0.25) is 0 Å². The Morgan fingerprint density at radius 1 is 1.08 bits per heavy atom. The average Bonchev–Trinajstić information content (AvgIpc) is 3.35. The number of nitrogens with zero attached hydrogens (tertiary/aromatic N) is 3. The lowest BCUT2D eigenvalue weighted by atomic mass is 10.1. The maximum Gasteiger partial charge on any atom is 0.490 e. The van der Waals surface area contributed by atoms with Gasteiger partial charge in [0, 0.05) is 49.2 Å². The van der Waals surface area contributed by atoms with E-state index in [1.807, 2.05) is 19.2 Å². The van der Waals surface area contributed by atoms with Crippen LogP contribution in [0.25, 0.3) is 0 Å². The Bertz CT molecular complexity index is 1250. The molecular formula is C26H25F5N4O3. The summed E-state index contributed by atoms with van der Waals surface area (Å²) in [5, 5.41) is 9.96. The first-order chi connectivity index (χ1) is 17.9. The SMILES string of the molecule is CN(Cc1cccc(F)c1)C1CCN(c2cc(NC(=O)c3ccc(F)cc3)ccn2)C1.O=C(O)C(F)(F)F. The third-order valence-electron chi connectivity index (χ3n) is 5.78. The van der Waals surface area contributed by atoms with Crippen LogP contribution in [0, 0.1) is 11.6 Å². The third-order valence-corrected chi connectivity index (χ3v) is 5.78. The van der Waals surface area contributed by atoms with E-state index in [1.165, 1.54) is 30.3 Å². The Morgan fingerprint density at radius 2 is 1.76 bits per heavy atom. The summed E-state index contributed by atoms with van der Waals surface area (Å²) in [6.45, 7) is 2.33. The molecule has 0 bridgehead atoms. The van der Waals surface area contributed by atoms with Gasteiger partial charge in [-0.15, -0.1) is 0 Å². The van der Waals surface area contributed by atoms with Crippen molar-refractivity contribution in [2.24, 2.45) is 0 Å². The number of hydrogen-bond donors (Lipinski definition) is 2. The second-order valence-corrected chi connectivity index (χ2v) is 8.60. The van der Waals surface area contributed by atoms with E-state index in [1.54, 1.807) is 24.4 Å². The lowest BCUT2D eigenvalue weighted by Crippen LogP contribution is -2.34. The number of pyridine rings is 1. The molecule has 1 saturated heterocycles. The topological polar surface area (TPSA) is 85.8 Å². The molecular weight excluding hydrogens is 511 g/mol. The van der Waals surface area contributed by atoms with E-state index in [2.05, 4.69) is 20.1 Å². The van der Waals surface area contributed by atoms with Crippen molar-refractivity contribution in [2.75, 3.05) is 30.4 Å². The fourth-order valence-corrected chi connectivity index (χ4v) is 3.84. The number of hydrogen-bond acceptors (Lipinski definition) is 5. The largest absolute Gasteiger partial charge is 0.490 e. The van der Waals surface area contributed by atoms with Gasteiger partial charge < -0.3 is 15.3 Å². The fourth-order valence-electron chi connectivity index (χ4n) is 3.84. The number of aliphatic carboxylic acids is 1.